The van der Waals surface area contributed by atoms with E-state index in [0.717, 1.165) is 6.04 Å². The summed E-state index contributed by atoms with van der Waals surface area (Å²) in [5.41, 5.74) is 6.04. The van der Waals surface area contributed by atoms with Gasteiger partial charge in [-0.1, -0.05) is 13.3 Å². The zero-order valence-corrected chi connectivity index (χ0v) is 12.8. The maximum atomic E-state index is 6.04. The van der Waals surface area contributed by atoms with E-state index in [9.17, 15) is 0 Å². The monoisotopic (exact) mass is 267 g/mol. The smallest absolute Gasteiger partial charge is 0.0112 e. The van der Waals surface area contributed by atoms with Crippen LogP contribution < -0.4 is 5.73 Å². The molecule has 3 nitrogen and oxygen atoms in total. The van der Waals surface area contributed by atoms with Crippen molar-refractivity contribution in [1.82, 2.24) is 9.80 Å². The van der Waals surface area contributed by atoms with Gasteiger partial charge in [-0.15, -0.1) is 0 Å². The fourth-order valence-corrected chi connectivity index (χ4v) is 3.68. The molecule has 1 aliphatic heterocycles. The van der Waals surface area contributed by atoms with Crippen LogP contribution in [0.3, 0.4) is 0 Å². The lowest BCUT2D eigenvalue weighted by Crippen LogP contribution is -2.45. The fraction of sp³-hybridized carbons (Fsp3) is 1.00. The molecule has 1 heterocycles. The normalized spacial score (nSPS) is 29.8. The lowest BCUT2D eigenvalue weighted by molar-refractivity contribution is 0.121. The van der Waals surface area contributed by atoms with Crippen LogP contribution in [0, 0.1) is 0 Å². The summed E-state index contributed by atoms with van der Waals surface area (Å²) < 4.78 is 0. The number of likely N-dealkylation sites (tertiary alicyclic amines) is 1. The summed E-state index contributed by atoms with van der Waals surface area (Å²) in [7, 11) is 0. The molecule has 0 aromatic heterocycles. The molecule has 19 heavy (non-hydrogen) atoms. The SMILES string of the molecule is CCCN(CCN1CCCCC1)C1CCC(N)CC1. The molecule has 0 atom stereocenters. The first-order chi connectivity index (χ1) is 9.29. The van der Waals surface area contributed by atoms with Crippen LogP contribution in [0.15, 0.2) is 0 Å². The number of nitrogens with two attached hydrogens (primary N) is 1. The number of piperidine rings is 1. The Morgan fingerprint density at radius 3 is 2.32 bits per heavy atom. The van der Waals surface area contributed by atoms with Crippen LogP contribution in [0.5, 0.6) is 0 Å². The molecule has 0 amide bonds. The molecule has 1 saturated heterocycles. The summed E-state index contributed by atoms with van der Waals surface area (Å²) in [6.07, 6.45) is 10.6. The van der Waals surface area contributed by atoms with E-state index in [-0.39, 0.29) is 0 Å². The molecule has 1 saturated carbocycles. The summed E-state index contributed by atoms with van der Waals surface area (Å²) in [6.45, 7) is 8.79. The van der Waals surface area contributed by atoms with Crippen LogP contribution >= 0.6 is 0 Å². The predicted molar refractivity (Wildman–Crippen MR) is 82.4 cm³/mol. The summed E-state index contributed by atoms with van der Waals surface area (Å²) in [5.74, 6) is 0. The number of nitrogens with zero attached hydrogens (tertiary/aromatic N) is 2. The molecule has 0 aromatic rings. The first-order valence-electron chi connectivity index (χ1n) is 8.51. The van der Waals surface area contributed by atoms with Crippen molar-refractivity contribution in [1.29, 1.82) is 0 Å². The van der Waals surface area contributed by atoms with Gasteiger partial charge < -0.3 is 10.6 Å². The number of hydrogen-bond acceptors (Lipinski definition) is 3. The Labute approximate surface area is 119 Å². The fourth-order valence-electron chi connectivity index (χ4n) is 3.68. The second kappa shape index (κ2) is 8.23. The Morgan fingerprint density at radius 2 is 1.68 bits per heavy atom. The highest BCUT2D eigenvalue weighted by atomic mass is 15.2. The Bertz CT molecular complexity index is 230. The molecule has 2 fully saturated rings. The van der Waals surface area contributed by atoms with Gasteiger partial charge in [-0.3, -0.25) is 4.90 Å². The molecule has 0 radical (unpaired) electrons. The Morgan fingerprint density at radius 1 is 1.00 bits per heavy atom. The van der Waals surface area contributed by atoms with E-state index in [1.807, 2.05) is 0 Å². The van der Waals surface area contributed by atoms with Gasteiger partial charge in [0, 0.05) is 25.2 Å². The predicted octanol–water partition coefficient (Wildman–Crippen LogP) is 2.45. The molecule has 0 unspecified atom stereocenters. The maximum absolute atomic E-state index is 6.04. The van der Waals surface area contributed by atoms with Crippen LogP contribution in [-0.2, 0) is 0 Å². The second-order valence-electron chi connectivity index (χ2n) is 6.51. The maximum Gasteiger partial charge on any atom is 0.0112 e. The van der Waals surface area contributed by atoms with Crippen molar-refractivity contribution in [2.75, 3.05) is 32.7 Å². The molecular weight excluding hydrogens is 234 g/mol. The van der Waals surface area contributed by atoms with Crippen molar-refractivity contribution < 1.29 is 0 Å². The lowest BCUT2D eigenvalue weighted by Gasteiger charge is -2.37. The summed E-state index contributed by atoms with van der Waals surface area (Å²) in [5, 5.41) is 0. The summed E-state index contributed by atoms with van der Waals surface area (Å²) in [6, 6.07) is 1.28. The highest BCUT2D eigenvalue weighted by Gasteiger charge is 2.24. The van der Waals surface area contributed by atoms with Crippen LogP contribution in [-0.4, -0.2) is 54.6 Å². The Balaban J connectivity index is 1.74. The van der Waals surface area contributed by atoms with Gasteiger partial charge >= 0.3 is 0 Å². The van der Waals surface area contributed by atoms with Crippen molar-refractivity contribution in [3.8, 4) is 0 Å². The summed E-state index contributed by atoms with van der Waals surface area (Å²) in [4.78, 5) is 5.42. The van der Waals surface area contributed by atoms with E-state index in [2.05, 4.69) is 16.7 Å². The quantitative estimate of drug-likeness (QED) is 0.802. The van der Waals surface area contributed by atoms with Crippen molar-refractivity contribution in [2.24, 2.45) is 5.73 Å². The number of hydrogen-bond donors (Lipinski definition) is 1. The summed E-state index contributed by atoms with van der Waals surface area (Å²) >= 11 is 0. The van der Waals surface area contributed by atoms with E-state index in [1.165, 1.54) is 84.1 Å². The van der Waals surface area contributed by atoms with Crippen LogP contribution in [0.2, 0.25) is 0 Å². The highest BCUT2D eigenvalue weighted by molar-refractivity contribution is 4.81. The molecule has 1 aliphatic carbocycles. The molecule has 2 rings (SSSR count). The van der Waals surface area contributed by atoms with Gasteiger partial charge in [-0.25, -0.2) is 0 Å². The zero-order chi connectivity index (χ0) is 13.5. The van der Waals surface area contributed by atoms with E-state index >= 15 is 0 Å². The van der Waals surface area contributed by atoms with Gasteiger partial charge in [-0.2, -0.15) is 0 Å². The standard InChI is InChI=1S/C16H33N3/c1-2-10-19(16-8-6-15(17)7-9-16)14-13-18-11-4-3-5-12-18/h15-16H,2-14,17H2,1H3. The van der Waals surface area contributed by atoms with Gasteiger partial charge in [0.05, 0.1) is 0 Å². The Kier molecular flexibility index (Phi) is 6.62. The molecular formula is C16H33N3. The van der Waals surface area contributed by atoms with Crippen LogP contribution in [0.1, 0.15) is 58.3 Å². The highest BCUT2D eigenvalue weighted by Crippen LogP contribution is 2.22. The third-order valence-electron chi connectivity index (χ3n) is 4.92. The minimum atomic E-state index is 0.474. The average molecular weight is 267 g/mol. The minimum Gasteiger partial charge on any atom is -0.328 e. The first-order valence-corrected chi connectivity index (χ1v) is 8.51. The molecule has 0 bridgehead atoms. The second-order valence-corrected chi connectivity index (χ2v) is 6.51. The van der Waals surface area contributed by atoms with Crippen LogP contribution in [0.4, 0.5) is 0 Å². The molecule has 2 aliphatic rings. The van der Waals surface area contributed by atoms with E-state index in [4.69, 9.17) is 5.73 Å². The molecule has 3 heteroatoms. The van der Waals surface area contributed by atoms with Crippen molar-refractivity contribution in [3.63, 3.8) is 0 Å². The molecule has 0 aromatic carbocycles. The van der Waals surface area contributed by atoms with Crippen molar-refractivity contribution >= 4 is 0 Å². The van der Waals surface area contributed by atoms with Crippen LogP contribution in [0.25, 0.3) is 0 Å². The van der Waals surface area contributed by atoms with Gasteiger partial charge in [0.15, 0.2) is 0 Å². The molecule has 0 spiro atoms. The lowest BCUT2D eigenvalue weighted by atomic mass is 9.90. The third kappa shape index (κ3) is 5.05. The molecule has 2 N–H and O–H groups in total. The largest absolute Gasteiger partial charge is 0.328 e. The Hall–Kier alpha value is -0.120. The van der Waals surface area contributed by atoms with E-state index in [1.54, 1.807) is 0 Å². The van der Waals surface area contributed by atoms with Gasteiger partial charge in [0.1, 0.15) is 0 Å². The van der Waals surface area contributed by atoms with Gasteiger partial charge in [-0.05, 0) is 64.6 Å². The molecule has 112 valence electrons. The number of rotatable bonds is 6. The van der Waals surface area contributed by atoms with Gasteiger partial charge in [0.2, 0.25) is 0 Å². The minimum absolute atomic E-state index is 0.474. The van der Waals surface area contributed by atoms with E-state index in [0.29, 0.717) is 6.04 Å². The topological polar surface area (TPSA) is 32.5 Å². The van der Waals surface area contributed by atoms with Crippen molar-refractivity contribution in [3.05, 3.63) is 0 Å². The van der Waals surface area contributed by atoms with Crippen molar-refractivity contribution in [2.45, 2.75) is 70.4 Å². The first kappa shape index (κ1) is 15.3. The van der Waals surface area contributed by atoms with E-state index < -0.39 is 0 Å². The third-order valence-corrected chi connectivity index (χ3v) is 4.92. The zero-order valence-electron chi connectivity index (χ0n) is 12.8. The van der Waals surface area contributed by atoms with Gasteiger partial charge in [0.25, 0.3) is 0 Å². The average Bonchev–Trinajstić information content (AvgIpc) is 2.46.